The standard InChI is InChI=1S/C29H30F6O8/c1-3-25(36)42-19-15-38-13-17-40-23-9-5-21(6-10-23)27(28(30,31)32,29(33,34)35)22-7-11-24(12-8-22)41-18-14-39-16-20-43-26(37)4-2/h3-12H,1-2,13-20H2. The quantitative estimate of drug-likeness (QED) is 0.0955. The van der Waals surface area contributed by atoms with Gasteiger partial charge in [0.1, 0.15) is 37.9 Å². The normalized spacial score (nSPS) is 11.9. The maximum Gasteiger partial charge on any atom is 0.411 e. The highest BCUT2D eigenvalue weighted by Gasteiger charge is 2.72. The van der Waals surface area contributed by atoms with Gasteiger partial charge < -0.3 is 28.4 Å². The SMILES string of the molecule is C=CC(=O)OCCOCCOc1ccc(C(c2ccc(OCCOCCOC(=O)C=C)cc2)(C(F)(F)F)C(F)(F)F)cc1. The van der Waals surface area contributed by atoms with Crippen LogP contribution in [0.15, 0.2) is 73.8 Å². The van der Waals surface area contributed by atoms with E-state index in [-0.39, 0.29) is 64.4 Å². The van der Waals surface area contributed by atoms with Crippen molar-refractivity contribution in [3.05, 3.63) is 85.0 Å². The van der Waals surface area contributed by atoms with Crippen LogP contribution in [0.2, 0.25) is 0 Å². The van der Waals surface area contributed by atoms with E-state index < -0.39 is 40.8 Å². The summed E-state index contributed by atoms with van der Waals surface area (Å²) in [5.74, 6) is -1.20. The first-order valence-electron chi connectivity index (χ1n) is 12.7. The summed E-state index contributed by atoms with van der Waals surface area (Å²) in [6.45, 7) is 6.42. The molecule has 2 rings (SSSR count). The molecule has 0 amide bonds. The highest BCUT2D eigenvalue weighted by atomic mass is 19.4. The molecule has 0 aliphatic heterocycles. The van der Waals surface area contributed by atoms with Crippen LogP contribution in [0.4, 0.5) is 26.3 Å². The Morgan fingerprint density at radius 3 is 1.19 bits per heavy atom. The molecule has 0 atom stereocenters. The van der Waals surface area contributed by atoms with Gasteiger partial charge in [0.2, 0.25) is 5.41 Å². The van der Waals surface area contributed by atoms with E-state index in [4.69, 9.17) is 28.4 Å². The lowest BCUT2D eigenvalue weighted by molar-refractivity contribution is -0.288. The molecule has 8 nitrogen and oxygen atoms in total. The lowest BCUT2D eigenvalue weighted by atomic mass is 9.73. The second-order valence-corrected chi connectivity index (χ2v) is 8.46. The summed E-state index contributed by atoms with van der Waals surface area (Å²) in [5, 5.41) is 0. The Balaban J connectivity index is 2.07. The Labute approximate surface area is 243 Å². The molecule has 0 fully saturated rings. The van der Waals surface area contributed by atoms with E-state index in [1.54, 1.807) is 0 Å². The number of carbonyl (C=O) groups excluding carboxylic acids is 2. The van der Waals surface area contributed by atoms with E-state index in [0.29, 0.717) is 24.3 Å². The van der Waals surface area contributed by atoms with Crippen molar-refractivity contribution in [2.75, 3.05) is 52.9 Å². The lowest BCUT2D eigenvalue weighted by Gasteiger charge is -2.38. The summed E-state index contributed by atoms with van der Waals surface area (Å²) in [6, 6.07) is 6.85. The Kier molecular flexibility index (Phi) is 13.5. The maximum absolute atomic E-state index is 14.4. The number of halogens is 6. The third-order valence-electron chi connectivity index (χ3n) is 5.70. The molecular formula is C29H30F6O8. The van der Waals surface area contributed by atoms with E-state index in [0.717, 1.165) is 36.4 Å². The molecule has 2 aromatic carbocycles. The molecule has 0 spiro atoms. The minimum absolute atomic E-state index is 0.0218. The van der Waals surface area contributed by atoms with Crippen molar-refractivity contribution >= 4 is 11.9 Å². The smallest absolute Gasteiger partial charge is 0.411 e. The highest BCUT2D eigenvalue weighted by molar-refractivity contribution is 5.81. The molecule has 0 aromatic heterocycles. The van der Waals surface area contributed by atoms with E-state index in [1.165, 1.54) is 0 Å². The van der Waals surface area contributed by atoms with E-state index in [9.17, 15) is 35.9 Å². The summed E-state index contributed by atoms with van der Waals surface area (Å²) in [5.41, 5.74) is -6.45. The van der Waals surface area contributed by atoms with Crippen LogP contribution in [-0.2, 0) is 34.0 Å². The van der Waals surface area contributed by atoms with Crippen molar-refractivity contribution in [1.82, 2.24) is 0 Å². The van der Waals surface area contributed by atoms with Crippen LogP contribution >= 0.6 is 0 Å². The zero-order valence-electron chi connectivity index (χ0n) is 22.9. The molecule has 0 N–H and O–H groups in total. The second-order valence-electron chi connectivity index (χ2n) is 8.46. The van der Waals surface area contributed by atoms with Gasteiger partial charge in [-0.3, -0.25) is 0 Å². The molecule has 14 heteroatoms. The predicted molar refractivity (Wildman–Crippen MR) is 141 cm³/mol. The largest absolute Gasteiger partial charge is 0.491 e. The first kappa shape index (κ1) is 35.2. The summed E-state index contributed by atoms with van der Waals surface area (Å²) in [6.07, 6.45) is -9.55. The number of rotatable bonds is 18. The number of benzene rings is 2. The molecule has 0 saturated carbocycles. The van der Waals surface area contributed by atoms with Crippen molar-refractivity contribution in [3.8, 4) is 11.5 Å². The minimum atomic E-state index is -5.76. The van der Waals surface area contributed by atoms with Crippen LogP contribution in [0.3, 0.4) is 0 Å². The van der Waals surface area contributed by atoms with Gasteiger partial charge >= 0.3 is 24.3 Å². The van der Waals surface area contributed by atoms with Crippen molar-refractivity contribution in [2.45, 2.75) is 17.8 Å². The van der Waals surface area contributed by atoms with Crippen molar-refractivity contribution < 1.29 is 64.4 Å². The van der Waals surface area contributed by atoms with Gasteiger partial charge in [0.25, 0.3) is 0 Å². The monoisotopic (exact) mass is 620 g/mol. The van der Waals surface area contributed by atoms with Crippen molar-refractivity contribution in [3.63, 3.8) is 0 Å². The predicted octanol–water partition coefficient (Wildman–Crippen LogP) is 5.35. The van der Waals surface area contributed by atoms with E-state index in [1.807, 2.05) is 0 Å². The van der Waals surface area contributed by atoms with Gasteiger partial charge in [0.05, 0.1) is 26.4 Å². The van der Waals surface area contributed by atoms with Crippen LogP contribution in [0.5, 0.6) is 11.5 Å². The number of hydrogen-bond acceptors (Lipinski definition) is 8. The average Bonchev–Trinajstić information content (AvgIpc) is 2.96. The molecule has 43 heavy (non-hydrogen) atoms. The molecule has 0 radical (unpaired) electrons. The Morgan fingerprint density at radius 2 is 0.884 bits per heavy atom. The first-order valence-corrected chi connectivity index (χ1v) is 12.7. The summed E-state index contributed by atoms with van der Waals surface area (Å²) in [7, 11) is 0. The molecule has 0 heterocycles. The number of esters is 2. The number of hydrogen-bond donors (Lipinski definition) is 0. The number of carbonyl (C=O) groups is 2. The molecular weight excluding hydrogens is 590 g/mol. The lowest BCUT2D eigenvalue weighted by Crippen LogP contribution is -2.54. The van der Waals surface area contributed by atoms with Gasteiger partial charge in [-0.05, 0) is 35.4 Å². The minimum Gasteiger partial charge on any atom is -0.491 e. The summed E-state index contributed by atoms with van der Waals surface area (Å²) in [4.78, 5) is 21.9. The Bertz CT molecular complexity index is 1080. The average molecular weight is 621 g/mol. The van der Waals surface area contributed by atoms with E-state index in [2.05, 4.69) is 13.2 Å². The van der Waals surface area contributed by atoms with Crippen molar-refractivity contribution in [1.29, 1.82) is 0 Å². The Morgan fingerprint density at radius 1 is 0.558 bits per heavy atom. The van der Waals surface area contributed by atoms with Crippen molar-refractivity contribution in [2.24, 2.45) is 0 Å². The zero-order valence-corrected chi connectivity index (χ0v) is 22.9. The molecule has 236 valence electrons. The molecule has 0 aliphatic carbocycles. The molecule has 0 unspecified atom stereocenters. The number of alkyl halides is 6. The fraction of sp³-hybridized carbons (Fsp3) is 0.379. The van der Waals surface area contributed by atoms with Gasteiger partial charge in [0.15, 0.2) is 0 Å². The molecule has 0 saturated heterocycles. The molecule has 2 aromatic rings. The van der Waals surface area contributed by atoms with Crippen LogP contribution in [0.25, 0.3) is 0 Å². The third kappa shape index (κ3) is 10.0. The van der Waals surface area contributed by atoms with Gasteiger partial charge in [-0.1, -0.05) is 37.4 Å². The van der Waals surface area contributed by atoms with Crippen LogP contribution < -0.4 is 9.47 Å². The fourth-order valence-electron chi connectivity index (χ4n) is 3.75. The number of ether oxygens (including phenoxy) is 6. The zero-order chi connectivity index (χ0) is 31.9. The third-order valence-corrected chi connectivity index (χ3v) is 5.70. The topological polar surface area (TPSA) is 89.5 Å². The van der Waals surface area contributed by atoms with Crippen LogP contribution in [0.1, 0.15) is 11.1 Å². The molecule has 0 aliphatic rings. The van der Waals surface area contributed by atoms with E-state index >= 15 is 0 Å². The van der Waals surface area contributed by atoms with Gasteiger partial charge in [-0.25, -0.2) is 9.59 Å². The first-order chi connectivity index (χ1) is 20.4. The van der Waals surface area contributed by atoms with Crippen LogP contribution in [-0.4, -0.2) is 77.1 Å². The fourth-order valence-corrected chi connectivity index (χ4v) is 3.75. The Hall–Kier alpha value is -4.04. The summed E-state index contributed by atoms with van der Waals surface area (Å²) < 4.78 is 117. The maximum atomic E-state index is 14.4. The van der Waals surface area contributed by atoms with Gasteiger partial charge in [-0.15, -0.1) is 0 Å². The second kappa shape index (κ2) is 16.6. The summed E-state index contributed by atoms with van der Waals surface area (Å²) >= 11 is 0. The molecule has 0 bridgehead atoms. The van der Waals surface area contributed by atoms with Gasteiger partial charge in [0, 0.05) is 12.2 Å². The van der Waals surface area contributed by atoms with Crippen LogP contribution in [0, 0.1) is 0 Å². The van der Waals surface area contributed by atoms with Gasteiger partial charge in [-0.2, -0.15) is 26.3 Å². The highest BCUT2D eigenvalue weighted by Crippen LogP contribution is 2.56.